The average molecular weight is 283 g/mol. The summed E-state index contributed by atoms with van der Waals surface area (Å²) in [6.07, 6.45) is 0. The van der Waals surface area contributed by atoms with Crippen LogP contribution in [0.2, 0.25) is 0 Å². The third-order valence-electron chi connectivity index (χ3n) is 1.79. The van der Waals surface area contributed by atoms with E-state index in [4.69, 9.17) is 0 Å². The fourth-order valence-electron chi connectivity index (χ4n) is 1.07. The number of halogens is 1. The van der Waals surface area contributed by atoms with Crippen molar-refractivity contribution in [2.75, 3.05) is 5.32 Å². The molecule has 2 aromatic rings. The van der Waals surface area contributed by atoms with Gasteiger partial charge in [0.1, 0.15) is 5.69 Å². The maximum absolute atomic E-state index is 11.6. The Kier molecular flexibility index (Phi) is 3.13. The summed E-state index contributed by atoms with van der Waals surface area (Å²) in [4.78, 5) is 15.6. The van der Waals surface area contributed by atoms with Crippen molar-refractivity contribution >= 4 is 38.9 Å². The highest BCUT2D eigenvalue weighted by atomic mass is 79.9. The normalized spacial score (nSPS) is 9.93. The zero-order valence-electron chi connectivity index (χ0n) is 7.61. The first kappa shape index (κ1) is 10.3. The number of carbonyl (C=O) groups is 1. The van der Waals surface area contributed by atoms with Crippen LogP contribution in [-0.4, -0.2) is 10.9 Å². The number of hydrogen-bond acceptors (Lipinski definition) is 3. The van der Waals surface area contributed by atoms with Gasteiger partial charge in [-0.2, -0.15) is 0 Å². The largest absolute Gasteiger partial charge is 0.320 e. The smallest absolute Gasteiger partial charge is 0.275 e. The molecule has 0 unspecified atom stereocenters. The first-order chi connectivity index (χ1) is 7.27. The van der Waals surface area contributed by atoms with Crippen LogP contribution in [0.25, 0.3) is 0 Å². The highest BCUT2D eigenvalue weighted by Gasteiger charge is 2.08. The average Bonchev–Trinajstić information content (AvgIpc) is 2.74. The first-order valence-corrected chi connectivity index (χ1v) is 5.95. The summed E-state index contributed by atoms with van der Waals surface area (Å²) in [5.74, 6) is -0.192. The van der Waals surface area contributed by atoms with Crippen molar-refractivity contribution in [1.82, 2.24) is 4.98 Å². The van der Waals surface area contributed by atoms with Gasteiger partial charge in [-0.25, -0.2) is 4.98 Å². The third-order valence-corrected chi connectivity index (χ3v) is 3.06. The Balaban J connectivity index is 2.17. The number of hydrogen-bond donors (Lipinski definition) is 1. The number of rotatable bonds is 2. The van der Waals surface area contributed by atoms with E-state index in [0.29, 0.717) is 5.69 Å². The molecule has 1 aromatic carbocycles. The second kappa shape index (κ2) is 4.55. The lowest BCUT2D eigenvalue weighted by molar-refractivity contribution is 0.102. The first-order valence-electron chi connectivity index (χ1n) is 4.21. The van der Waals surface area contributed by atoms with E-state index in [9.17, 15) is 4.79 Å². The molecule has 0 aliphatic heterocycles. The van der Waals surface area contributed by atoms with Gasteiger partial charge in [0.25, 0.3) is 5.91 Å². The molecule has 0 aliphatic carbocycles. The second-order valence-corrected chi connectivity index (χ2v) is 4.38. The van der Waals surface area contributed by atoms with Crippen molar-refractivity contribution in [2.24, 2.45) is 0 Å². The van der Waals surface area contributed by atoms with Crippen LogP contribution in [-0.2, 0) is 0 Å². The number of anilines is 1. The predicted molar refractivity (Wildman–Crippen MR) is 64.2 cm³/mol. The number of benzene rings is 1. The molecule has 0 bridgehead atoms. The van der Waals surface area contributed by atoms with E-state index >= 15 is 0 Å². The van der Waals surface area contributed by atoms with Gasteiger partial charge in [-0.3, -0.25) is 4.79 Å². The minimum Gasteiger partial charge on any atom is -0.320 e. The van der Waals surface area contributed by atoms with Crippen molar-refractivity contribution in [3.8, 4) is 0 Å². The summed E-state index contributed by atoms with van der Waals surface area (Å²) in [5, 5.41) is 4.49. The minimum atomic E-state index is -0.192. The van der Waals surface area contributed by atoms with E-state index in [0.717, 1.165) is 10.2 Å². The van der Waals surface area contributed by atoms with Crippen LogP contribution in [0, 0.1) is 0 Å². The Morgan fingerprint density at radius 2 is 2.20 bits per heavy atom. The molecular formula is C10H7BrN2OS. The van der Waals surface area contributed by atoms with E-state index in [1.165, 1.54) is 11.3 Å². The summed E-state index contributed by atoms with van der Waals surface area (Å²) in [6, 6.07) is 7.45. The maximum atomic E-state index is 11.6. The Morgan fingerprint density at radius 3 is 2.87 bits per heavy atom. The van der Waals surface area contributed by atoms with Crippen molar-refractivity contribution in [3.63, 3.8) is 0 Å². The van der Waals surface area contributed by atoms with Gasteiger partial charge in [-0.05, 0) is 28.1 Å². The van der Waals surface area contributed by atoms with Crippen LogP contribution < -0.4 is 5.32 Å². The van der Waals surface area contributed by atoms with Gasteiger partial charge in [-0.1, -0.05) is 12.1 Å². The Bertz CT molecular complexity index is 470. The van der Waals surface area contributed by atoms with Crippen molar-refractivity contribution in [2.45, 2.75) is 0 Å². The van der Waals surface area contributed by atoms with Gasteiger partial charge in [0.15, 0.2) is 0 Å². The molecule has 1 aromatic heterocycles. The molecule has 5 heteroatoms. The topological polar surface area (TPSA) is 42.0 Å². The van der Waals surface area contributed by atoms with Crippen LogP contribution >= 0.6 is 27.3 Å². The maximum Gasteiger partial charge on any atom is 0.275 e. The molecule has 2 rings (SSSR count). The lowest BCUT2D eigenvalue weighted by Gasteiger charge is -2.04. The number of nitrogens with one attached hydrogen (secondary N) is 1. The molecule has 3 nitrogen and oxygen atoms in total. The minimum absolute atomic E-state index is 0.192. The highest BCUT2D eigenvalue weighted by Crippen LogP contribution is 2.21. The molecule has 0 atom stereocenters. The zero-order valence-corrected chi connectivity index (χ0v) is 10.0. The zero-order chi connectivity index (χ0) is 10.7. The fourth-order valence-corrected chi connectivity index (χ4v) is 1.99. The predicted octanol–water partition coefficient (Wildman–Crippen LogP) is 3.16. The molecule has 76 valence electrons. The lowest BCUT2D eigenvalue weighted by Crippen LogP contribution is -2.12. The Labute approximate surface area is 99.3 Å². The van der Waals surface area contributed by atoms with E-state index in [-0.39, 0.29) is 5.91 Å². The van der Waals surface area contributed by atoms with Gasteiger partial charge >= 0.3 is 0 Å². The summed E-state index contributed by atoms with van der Waals surface area (Å²) >= 11 is 4.75. The number of nitrogens with zero attached hydrogens (tertiary/aromatic N) is 1. The standard InChI is InChI=1S/C10H7BrN2OS/c11-7-3-1-2-4-8(7)13-10(14)9-5-15-6-12-9/h1-6H,(H,13,14). The molecule has 1 amide bonds. The van der Waals surface area contributed by atoms with Crippen LogP contribution in [0.3, 0.4) is 0 Å². The Hall–Kier alpha value is -1.20. The molecule has 15 heavy (non-hydrogen) atoms. The molecule has 1 N–H and O–H groups in total. The van der Waals surface area contributed by atoms with E-state index in [1.54, 1.807) is 10.9 Å². The summed E-state index contributed by atoms with van der Waals surface area (Å²) in [7, 11) is 0. The molecule has 0 spiro atoms. The van der Waals surface area contributed by atoms with Gasteiger partial charge < -0.3 is 5.32 Å². The van der Waals surface area contributed by atoms with Crippen LogP contribution in [0.15, 0.2) is 39.6 Å². The number of aromatic nitrogens is 1. The van der Waals surface area contributed by atoms with Gasteiger partial charge in [-0.15, -0.1) is 11.3 Å². The summed E-state index contributed by atoms with van der Waals surface area (Å²) < 4.78 is 0.855. The second-order valence-electron chi connectivity index (χ2n) is 2.81. The van der Waals surface area contributed by atoms with Crippen LogP contribution in [0.4, 0.5) is 5.69 Å². The van der Waals surface area contributed by atoms with Crippen LogP contribution in [0.1, 0.15) is 10.5 Å². The number of amides is 1. The van der Waals surface area contributed by atoms with Gasteiger partial charge in [0, 0.05) is 9.85 Å². The number of carbonyl (C=O) groups excluding carboxylic acids is 1. The molecule has 0 radical (unpaired) electrons. The fraction of sp³-hybridized carbons (Fsp3) is 0. The summed E-state index contributed by atoms with van der Waals surface area (Å²) in [6.45, 7) is 0. The van der Waals surface area contributed by atoms with Crippen LogP contribution in [0.5, 0.6) is 0 Å². The molecule has 0 aliphatic rings. The van der Waals surface area contributed by atoms with Crippen molar-refractivity contribution < 1.29 is 4.79 Å². The monoisotopic (exact) mass is 282 g/mol. The van der Waals surface area contributed by atoms with E-state index < -0.39 is 0 Å². The van der Waals surface area contributed by atoms with E-state index in [2.05, 4.69) is 26.2 Å². The summed E-state index contributed by atoms with van der Waals surface area (Å²) in [5.41, 5.74) is 2.82. The molecule has 0 saturated carbocycles. The lowest BCUT2D eigenvalue weighted by atomic mass is 10.3. The molecular weight excluding hydrogens is 276 g/mol. The number of para-hydroxylation sites is 1. The number of thiazole rings is 1. The SMILES string of the molecule is O=C(Nc1ccccc1Br)c1cscn1. The third kappa shape index (κ3) is 2.43. The van der Waals surface area contributed by atoms with E-state index in [1.807, 2.05) is 24.3 Å². The highest BCUT2D eigenvalue weighted by molar-refractivity contribution is 9.10. The van der Waals surface area contributed by atoms with Gasteiger partial charge in [0.05, 0.1) is 11.2 Å². The molecule has 0 saturated heterocycles. The van der Waals surface area contributed by atoms with Crippen molar-refractivity contribution in [1.29, 1.82) is 0 Å². The Morgan fingerprint density at radius 1 is 1.40 bits per heavy atom. The quantitative estimate of drug-likeness (QED) is 0.919. The van der Waals surface area contributed by atoms with Crippen molar-refractivity contribution in [3.05, 3.63) is 45.3 Å². The molecule has 1 heterocycles. The molecule has 0 fully saturated rings. The van der Waals surface area contributed by atoms with Gasteiger partial charge in [0.2, 0.25) is 0 Å².